The Kier molecular flexibility index (Phi) is 7.12. The van der Waals surface area contributed by atoms with E-state index in [1.165, 1.54) is 36.5 Å². The van der Waals surface area contributed by atoms with Gasteiger partial charge < -0.3 is 15.3 Å². The van der Waals surface area contributed by atoms with Crippen molar-refractivity contribution in [3.8, 4) is 33.6 Å². The number of nitrogens with zero attached hydrogens (tertiary/aromatic N) is 3. The Bertz CT molecular complexity index is 1690. The Morgan fingerprint density at radius 3 is 2.21 bits per heavy atom. The van der Waals surface area contributed by atoms with E-state index in [2.05, 4.69) is 80.6 Å². The summed E-state index contributed by atoms with van der Waals surface area (Å²) in [4.78, 5) is 18.6. The molecule has 7 rings (SSSR count). The van der Waals surface area contributed by atoms with Gasteiger partial charge in [0.1, 0.15) is 11.6 Å². The highest BCUT2D eigenvalue weighted by molar-refractivity contribution is 5.90. The summed E-state index contributed by atoms with van der Waals surface area (Å²) >= 11 is 0. The average Bonchev–Trinajstić information content (AvgIpc) is 3.82. The summed E-state index contributed by atoms with van der Waals surface area (Å²) in [5, 5.41) is 5.22. The summed E-state index contributed by atoms with van der Waals surface area (Å²) in [7, 11) is 0. The molecule has 2 atom stereocenters. The molecule has 2 aliphatic heterocycles. The Morgan fingerprint density at radius 2 is 1.48 bits per heavy atom. The molecule has 8 heteroatoms. The number of alkyl halides is 2. The molecule has 0 aliphatic carbocycles. The molecule has 2 saturated heterocycles. The van der Waals surface area contributed by atoms with Gasteiger partial charge in [0.2, 0.25) is 0 Å². The second-order valence-electron chi connectivity index (χ2n) is 11.8. The third-order valence-electron chi connectivity index (χ3n) is 8.79. The molecule has 0 saturated carbocycles. The van der Waals surface area contributed by atoms with Crippen LogP contribution in [0.25, 0.3) is 44.4 Å². The van der Waals surface area contributed by atoms with Crippen molar-refractivity contribution < 1.29 is 8.78 Å². The van der Waals surface area contributed by atoms with Crippen LogP contribution in [0, 0.1) is 0 Å². The van der Waals surface area contributed by atoms with E-state index in [9.17, 15) is 8.78 Å². The standard InChI is InChI=1S/C34H36F2N6/c1-2-3-14-42-15-4-5-31(42)33-38-20-30(41-33)27-13-12-25-16-24(10-11-26(25)17-27)22-6-8-23(9-7-22)29-19-37-32(40-29)28-18-34(35,36)21-39-28/h6-13,16-17,19-20,28,31,39H,2-5,14-15,18,21H2,1H3,(H,37,40)(H,38,41). The van der Waals surface area contributed by atoms with Crippen LogP contribution < -0.4 is 5.32 Å². The summed E-state index contributed by atoms with van der Waals surface area (Å²) in [5.41, 5.74) is 6.26. The summed E-state index contributed by atoms with van der Waals surface area (Å²) in [6.45, 7) is 4.24. The number of imidazole rings is 2. The van der Waals surface area contributed by atoms with Gasteiger partial charge in [0.05, 0.1) is 42.4 Å². The molecule has 0 spiro atoms. The van der Waals surface area contributed by atoms with E-state index in [0.29, 0.717) is 11.9 Å². The van der Waals surface area contributed by atoms with Gasteiger partial charge in [0, 0.05) is 12.0 Å². The number of H-pyrrole nitrogens is 2. The number of hydrogen-bond acceptors (Lipinski definition) is 4. The maximum atomic E-state index is 13.6. The van der Waals surface area contributed by atoms with Gasteiger partial charge in [-0.2, -0.15) is 0 Å². The highest BCUT2D eigenvalue weighted by atomic mass is 19.3. The van der Waals surface area contributed by atoms with Crippen molar-refractivity contribution in [2.45, 2.75) is 57.0 Å². The number of halogens is 2. The minimum atomic E-state index is -2.69. The van der Waals surface area contributed by atoms with Crippen LogP contribution in [0.4, 0.5) is 8.78 Å². The number of likely N-dealkylation sites (tertiary alicyclic amines) is 1. The van der Waals surface area contributed by atoms with Gasteiger partial charge in [-0.05, 0) is 71.9 Å². The number of fused-ring (bicyclic) bond motifs is 1. The molecule has 216 valence electrons. The first-order valence-corrected chi connectivity index (χ1v) is 15.1. The third-order valence-corrected chi connectivity index (χ3v) is 8.79. The van der Waals surface area contributed by atoms with Crippen LogP contribution in [0.1, 0.15) is 62.8 Å². The van der Waals surface area contributed by atoms with Crippen LogP contribution in [-0.2, 0) is 0 Å². The van der Waals surface area contributed by atoms with Gasteiger partial charge in [0.15, 0.2) is 0 Å². The number of rotatable bonds is 8. The molecule has 0 amide bonds. The van der Waals surface area contributed by atoms with E-state index >= 15 is 0 Å². The van der Waals surface area contributed by atoms with Crippen LogP contribution in [0.3, 0.4) is 0 Å². The van der Waals surface area contributed by atoms with Gasteiger partial charge in [0.25, 0.3) is 5.92 Å². The number of aromatic amines is 2. The van der Waals surface area contributed by atoms with Crippen molar-refractivity contribution in [2.75, 3.05) is 19.6 Å². The van der Waals surface area contributed by atoms with E-state index in [-0.39, 0.29) is 13.0 Å². The lowest BCUT2D eigenvalue weighted by Gasteiger charge is -2.22. The van der Waals surface area contributed by atoms with Crippen molar-refractivity contribution in [1.82, 2.24) is 30.2 Å². The van der Waals surface area contributed by atoms with Crippen molar-refractivity contribution in [3.05, 3.63) is 84.7 Å². The second kappa shape index (κ2) is 11.1. The fraction of sp³-hybridized carbons (Fsp3) is 0.353. The smallest absolute Gasteiger partial charge is 0.262 e. The molecule has 4 heterocycles. The van der Waals surface area contributed by atoms with Gasteiger partial charge in [-0.25, -0.2) is 18.7 Å². The highest BCUT2D eigenvalue weighted by Crippen LogP contribution is 2.35. The second-order valence-corrected chi connectivity index (χ2v) is 11.8. The lowest BCUT2D eigenvalue weighted by molar-refractivity contribution is 0.0208. The zero-order chi connectivity index (χ0) is 28.7. The van der Waals surface area contributed by atoms with Crippen LogP contribution in [0.15, 0.2) is 73.1 Å². The number of nitrogens with one attached hydrogen (secondary N) is 3. The quantitative estimate of drug-likeness (QED) is 0.179. The van der Waals surface area contributed by atoms with Crippen molar-refractivity contribution >= 4 is 10.8 Å². The summed E-state index contributed by atoms with van der Waals surface area (Å²) < 4.78 is 27.2. The lowest BCUT2D eigenvalue weighted by atomic mass is 9.98. The molecule has 6 nitrogen and oxygen atoms in total. The van der Waals surface area contributed by atoms with E-state index in [0.717, 1.165) is 52.6 Å². The van der Waals surface area contributed by atoms with Gasteiger partial charge in [-0.15, -0.1) is 0 Å². The topological polar surface area (TPSA) is 72.6 Å². The van der Waals surface area contributed by atoms with Gasteiger partial charge in [-0.3, -0.25) is 4.90 Å². The Hall–Kier alpha value is -3.88. The largest absolute Gasteiger partial charge is 0.341 e. The molecule has 2 unspecified atom stereocenters. The fourth-order valence-electron chi connectivity index (χ4n) is 6.42. The monoisotopic (exact) mass is 566 g/mol. The molecule has 0 bridgehead atoms. The SMILES string of the molecule is CCCCN1CCCC1c1ncc(-c2ccc3cc(-c4ccc(-c5cnc(C6CC(F)(F)CN6)[nH]5)cc4)ccc3c2)[nH]1. The molecule has 42 heavy (non-hydrogen) atoms. The fourth-order valence-corrected chi connectivity index (χ4v) is 6.42. The van der Waals surface area contributed by atoms with Crippen molar-refractivity contribution in [2.24, 2.45) is 0 Å². The Labute approximate surface area is 244 Å². The van der Waals surface area contributed by atoms with E-state index < -0.39 is 12.0 Å². The molecule has 5 aromatic rings. The van der Waals surface area contributed by atoms with E-state index in [1.807, 2.05) is 18.3 Å². The Balaban J connectivity index is 1.06. The predicted octanol–water partition coefficient (Wildman–Crippen LogP) is 7.89. The zero-order valence-corrected chi connectivity index (χ0v) is 23.8. The molecular formula is C34H36F2N6. The Morgan fingerprint density at radius 1 is 0.833 bits per heavy atom. The molecule has 3 aromatic carbocycles. The first kappa shape index (κ1) is 27.0. The van der Waals surface area contributed by atoms with E-state index in [1.54, 1.807) is 6.20 Å². The predicted molar refractivity (Wildman–Crippen MR) is 163 cm³/mol. The summed E-state index contributed by atoms with van der Waals surface area (Å²) in [5.74, 6) is -1.05. The first-order valence-electron chi connectivity index (χ1n) is 15.1. The summed E-state index contributed by atoms with van der Waals surface area (Å²) in [6.07, 6.45) is 8.31. The lowest BCUT2D eigenvalue weighted by Crippen LogP contribution is -2.25. The number of benzene rings is 3. The molecule has 3 N–H and O–H groups in total. The van der Waals surface area contributed by atoms with Crippen LogP contribution in [0.5, 0.6) is 0 Å². The molecule has 2 aliphatic rings. The number of hydrogen-bond donors (Lipinski definition) is 3. The van der Waals surface area contributed by atoms with Crippen LogP contribution >= 0.6 is 0 Å². The minimum absolute atomic E-state index is 0.233. The highest BCUT2D eigenvalue weighted by Gasteiger charge is 2.41. The maximum absolute atomic E-state index is 13.6. The average molecular weight is 567 g/mol. The number of aromatic nitrogens is 4. The third kappa shape index (κ3) is 5.37. The van der Waals surface area contributed by atoms with Crippen LogP contribution in [0.2, 0.25) is 0 Å². The van der Waals surface area contributed by atoms with Gasteiger partial charge >= 0.3 is 0 Å². The van der Waals surface area contributed by atoms with E-state index in [4.69, 9.17) is 4.98 Å². The first-order chi connectivity index (χ1) is 20.5. The molecule has 2 aromatic heterocycles. The van der Waals surface area contributed by atoms with Gasteiger partial charge in [-0.1, -0.05) is 61.9 Å². The minimum Gasteiger partial charge on any atom is -0.341 e. The molecule has 2 fully saturated rings. The van der Waals surface area contributed by atoms with Crippen molar-refractivity contribution in [1.29, 1.82) is 0 Å². The molecular weight excluding hydrogens is 530 g/mol. The maximum Gasteiger partial charge on any atom is 0.262 e. The number of unbranched alkanes of at least 4 members (excludes halogenated alkanes) is 1. The zero-order valence-electron chi connectivity index (χ0n) is 23.8. The summed E-state index contributed by atoms with van der Waals surface area (Å²) in [6, 6.07) is 21.3. The van der Waals surface area contributed by atoms with Crippen molar-refractivity contribution in [3.63, 3.8) is 0 Å². The van der Waals surface area contributed by atoms with Crippen LogP contribution in [-0.4, -0.2) is 50.4 Å². The molecule has 0 radical (unpaired) electrons. The normalized spacial score (nSPS) is 20.5.